The number of carbonyl (C=O) groups excluding carboxylic acids is 2. The van der Waals surface area contributed by atoms with E-state index in [4.69, 9.17) is 4.74 Å². The van der Waals surface area contributed by atoms with E-state index in [9.17, 15) is 19.7 Å². The lowest BCUT2D eigenvalue weighted by Crippen LogP contribution is -2.38. The molecule has 1 heterocycles. The van der Waals surface area contributed by atoms with Crippen LogP contribution in [0.15, 0.2) is 84.1 Å². The average molecular weight is 498 g/mol. The number of ketones is 1. The van der Waals surface area contributed by atoms with Gasteiger partial charge in [0.2, 0.25) is 5.91 Å². The van der Waals surface area contributed by atoms with Gasteiger partial charge in [-0.3, -0.25) is 24.6 Å². The minimum absolute atomic E-state index is 0.0593. The summed E-state index contributed by atoms with van der Waals surface area (Å²) in [4.78, 5) is 40.1. The highest BCUT2D eigenvalue weighted by molar-refractivity contribution is 6.06. The molecular weight excluding hydrogens is 470 g/mol. The molecule has 0 radical (unpaired) electrons. The first-order valence-corrected chi connectivity index (χ1v) is 12.2. The van der Waals surface area contributed by atoms with E-state index in [0.717, 1.165) is 17.0 Å². The number of ether oxygens (including phenoxy) is 1. The number of nitrogens with one attached hydrogen (secondary N) is 1. The SMILES string of the molecule is CCC(=O)N1c2ccccc2NC2=C(C(=O)C[C@H](c3ccc(OC)cc3)C2)[C@@H]1c1cccc([N+](=O)[O-])c1. The Hall–Kier alpha value is -4.46. The van der Waals surface area contributed by atoms with Crippen LogP contribution in [0.1, 0.15) is 49.3 Å². The van der Waals surface area contributed by atoms with E-state index >= 15 is 0 Å². The number of nitro groups is 1. The van der Waals surface area contributed by atoms with Gasteiger partial charge in [0.15, 0.2) is 5.78 Å². The number of nitro benzene ring substituents is 1. The fourth-order valence-corrected chi connectivity index (χ4v) is 5.27. The maximum atomic E-state index is 13.9. The number of rotatable bonds is 5. The molecule has 1 N–H and O–H groups in total. The van der Waals surface area contributed by atoms with Crippen LogP contribution in [0.5, 0.6) is 5.75 Å². The first-order valence-electron chi connectivity index (χ1n) is 12.2. The number of hydrogen-bond donors (Lipinski definition) is 1. The molecule has 2 aliphatic rings. The summed E-state index contributed by atoms with van der Waals surface area (Å²) in [5.41, 5.74) is 4.01. The Kier molecular flexibility index (Phi) is 6.48. The van der Waals surface area contributed by atoms with Crippen molar-refractivity contribution in [2.24, 2.45) is 0 Å². The number of allylic oxidation sites excluding steroid dienone is 1. The van der Waals surface area contributed by atoms with Crippen LogP contribution in [0.25, 0.3) is 0 Å². The van der Waals surface area contributed by atoms with Gasteiger partial charge in [0, 0.05) is 36.2 Å². The van der Waals surface area contributed by atoms with E-state index < -0.39 is 11.0 Å². The summed E-state index contributed by atoms with van der Waals surface area (Å²) in [6, 6.07) is 20.6. The Bertz CT molecular complexity index is 1410. The summed E-state index contributed by atoms with van der Waals surface area (Å²) in [7, 11) is 1.61. The van der Waals surface area contributed by atoms with Crippen LogP contribution >= 0.6 is 0 Å². The zero-order chi connectivity index (χ0) is 26.1. The molecule has 3 aromatic rings. The summed E-state index contributed by atoms with van der Waals surface area (Å²) < 4.78 is 5.28. The highest BCUT2D eigenvalue weighted by Crippen LogP contribution is 2.48. The highest BCUT2D eigenvalue weighted by atomic mass is 16.6. The van der Waals surface area contributed by atoms with E-state index in [0.29, 0.717) is 28.9 Å². The monoisotopic (exact) mass is 497 g/mol. The van der Waals surface area contributed by atoms with Crippen LogP contribution in [0.3, 0.4) is 0 Å². The van der Waals surface area contributed by atoms with Crippen LogP contribution in [0.2, 0.25) is 0 Å². The Morgan fingerprint density at radius 1 is 1.05 bits per heavy atom. The number of hydrogen-bond acceptors (Lipinski definition) is 6. The molecule has 0 bridgehead atoms. The maximum Gasteiger partial charge on any atom is 0.269 e. The Balaban J connectivity index is 1.69. The lowest BCUT2D eigenvalue weighted by atomic mass is 9.78. The second-order valence-corrected chi connectivity index (χ2v) is 9.21. The largest absolute Gasteiger partial charge is 0.497 e. The highest BCUT2D eigenvalue weighted by Gasteiger charge is 2.41. The van der Waals surface area contributed by atoms with Crippen molar-refractivity contribution in [1.82, 2.24) is 0 Å². The zero-order valence-corrected chi connectivity index (χ0v) is 20.6. The second-order valence-electron chi connectivity index (χ2n) is 9.21. The summed E-state index contributed by atoms with van der Waals surface area (Å²) in [5.74, 6) is 0.417. The number of benzene rings is 3. The molecule has 1 aliphatic heterocycles. The van der Waals surface area contributed by atoms with E-state index in [2.05, 4.69) is 5.32 Å². The van der Waals surface area contributed by atoms with Crippen LogP contribution < -0.4 is 15.0 Å². The topological polar surface area (TPSA) is 102 Å². The van der Waals surface area contributed by atoms with Crippen molar-refractivity contribution in [3.8, 4) is 5.75 Å². The van der Waals surface area contributed by atoms with Crippen molar-refractivity contribution < 1.29 is 19.2 Å². The smallest absolute Gasteiger partial charge is 0.269 e. The van der Waals surface area contributed by atoms with Crippen LogP contribution in [0, 0.1) is 10.1 Å². The number of fused-ring (bicyclic) bond motifs is 1. The predicted molar refractivity (Wildman–Crippen MR) is 141 cm³/mol. The van der Waals surface area contributed by atoms with Gasteiger partial charge in [0.25, 0.3) is 5.69 Å². The molecule has 0 unspecified atom stereocenters. The van der Waals surface area contributed by atoms with Gasteiger partial charge in [0.1, 0.15) is 5.75 Å². The summed E-state index contributed by atoms with van der Waals surface area (Å²) in [6.07, 6.45) is 1.04. The standard InChI is InChI=1S/C29H27N3O5/c1-3-27(34)31-25-10-5-4-9-23(25)30-24-16-20(18-11-13-22(37-2)14-12-18)17-26(33)28(24)29(31)19-7-6-8-21(15-19)32(35)36/h4-15,20,29-30H,3,16-17H2,1-2H3/t20-,29+/m1/s1. The van der Waals surface area contributed by atoms with Crippen LogP contribution in [0.4, 0.5) is 17.1 Å². The molecule has 0 aromatic heterocycles. The van der Waals surface area contributed by atoms with E-state index in [1.165, 1.54) is 12.1 Å². The molecule has 0 fully saturated rings. The normalized spacial score (nSPS) is 18.9. The van der Waals surface area contributed by atoms with Gasteiger partial charge < -0.3 is 10.1 Å². The van der Waals surface area contributed by atoms with Gasteiger partial charge in [0.05, 0.1) is 29.4 Å². The zero-order valence-electron chi connectivity index (χ0n) is 20.6. The molecule has 0 spiro atoms. The Morgan fingerprint density at radius 2 is 1.81 bits per heavy atom. The second kappa shape index (κ2) is 9.89. The van der Waals surface area contributed by atoms with Crippen LogP contribution in [-0.2, 0) is 9.59 Å². The summed E-state index contributed by atoms with van der Waals surface area (Å²) >= 11 is 0. The van der Waals surface area contributed by atoms with Crippen molar-refractivity contribution in [3.05, 3.63) is 105 Å². The minimum Gasteiger partial charge on any atom is -0.497 e. The maximum absolute atomic E-state index is 13.9. The summed E-state index contributed by atoms with van der Waals surface area (Å²) in [6.45, 7) is 1.77. The molecule has 1 amide bonds. The number of methoxy groups -OCH3 is 1. The number of Topliss-reactive ketones (excluding diaryl/α,β-unsaturated/α-hetero) is 1. The quantitative estimate of drug-likeness (QED) is 0.347. The van der Waals surface area contributed by atoms with Crippen molar-refractivity contribution in [2.75, 3.05) is 17.3 Å². The first-order chi connectivity index (χ1) is 17.9. The van der Waals surface area contributed by atoms with Gasteiger partial charge in [-0.2, -0.15) is 0 Å². The third-order valence-corrected chi connectivity index (χ3v) is 7.04. The minimum atomic E-state index is -0.789. The molecule has 1 aliphatic carbocycles. The van der Waals surface area contributed by atoms with Gasteiger partial charge in [-0.05, 0) is 47.7 Å². The molecule has 37 heavy (non-hydrogen) atoms. The number of carbonyl (C=O) groups is 2. The first kappa shape index (κ1) is 24.2. The molecule has 188 valence electrons. The Labute approximate surface area is 214 Å². The number of nitrogens with zero attached hydrogens (tertiary/aromatic N) is 2. The lowest BCUT2D eigenvalue weighted by Gasteiger charge is -2.35. The van der Waals surface area contributed by atoms with Crippen molar-refractivity contribution in [3.63, 3.8) is 0 Å². The van der Waals surface area contributed by atoms with Crippen molar-refractivity contribution in [1.29, 1.82) is 0 Å². The van der Waals surface area contributed by atoms with Gasteiger partial charge in [-0.15, -0.1) is 0 Å². The third kappa shape index (κ3) is 4.46. The van der Waals surface area contributed by atoms with Crippen molar-refractivity contribution >= 4 is 28.8 Å². The Morgan fingerprint density at radius 3 is 2.51 bits per heavy atom. The van der Waals surface area contributed by atoms with E-state index in [1.807, 2.05) is 48.5 Å². The number of amides is 1. The number of anilines is 2. The average Bonchev–Trinajstić information content (AvgIpc) is 3.07. The van der Waals surface area contributed by atoms with Gasteiger partial charge in [-0.1, -0.05) is 43.3 Å². The van der Waals surface area contributed by atoms with Gasteiger partial charge >= 0.3 is 0 Å². The number of non-ortho nitro benzene ring substituents is 1. The molecule has 8 heteroatoms. The molecule has 2 atom stereocenters. The van der Waals surface area contributed by atoms with E-state index in [-0.39, 0.29) is 36.1 Å². The summed E-state index contributed by atoms with van der Waals surface area (Å²) in [5, 5.41) is 15.1. The molecule has 5 rings (SSSR count). The number of para-hydroxylation sites is 2. The molecular formula is C29H27N3O5. The predicted octanol–water partition coefficient (Wildman–Crippen LogP) is 5.91. The fourth-order valence-electron chi connectivity index (χ4n) is 5.27. The van der Waals surface area contributed by atoms with Crippen molar-refractivity contribution in [2.45, 2.75) is 38.1 Å². The molecule has 0 saturated heterocycles. The van der Waals surface area contributed by atoms with Crippen LogP contribution in [-0.4, -0.2) is 23.7 Å². The van der Waals surface area contributed by atoms with E-state index in [1.54, 1.807) is 31.1 Å². The lowest BCUT2D eigenvalue weighted by molar-refractivity contribution is -0.384. The molecule has 3 aromatic carbocycles. The molecule has 8 nitrogen and oxygen atoms in total. The molecule has 0 saturated carbocycles. The fraction of sp³-hybridized carbons (Fsp3) is 0.241. The van der Waals surface area contributed by atoms with Gasteiger partial charge in [-0.25, -0.2) is 0 Å². The third-order valence-electron chi connectivity index (χ3n) is 7.04.